The van der Waals surface area contributed by atoms with Crippen LogP contribution in [0.1, 0.15) is 17.9 Å². The Morgan fingerprint density at radius 3 is 2.89 bits per heavy atom. The molecule has 0 spiro atoms. The highest BCUT2D eigenvalue weighted by Crippen LogP contribution is 2.27. The minimum absolute atomic E-state index is 0.108. The highest BCUT2D eigenvalue weighted by atomic mass is 16.2. The van der Waals surface area contributed by atoms with Gasteiger partial charge in [0.05, 0.1) is 0 Å². The predicted molar refractivity (Wildman–Crippen MR) is 72.0 cm³/mol. The molecule has 4 nitrogen and oxygen atoms in total. The summed E-state index contributed by atoms with van der Waals surface area (Å²) in [6.45, 7) is 3.76. The molecule has 2 aliphatic heterocycles. The van der Waals surface area contributed by atoms with Gasteiger partial charge in [-0.15, -0.1) is 0 Å². The van der Waals surface area contributed by atoms with Crippen molar-refractivity contribution in [1.29, 1.82) is 0 Å². The Balaban J connectivity index is 1.84. The van der Waals surface area contributed by atoms with Crippen LogP contribution in [0.5, 0.6) is 0 Å². The van der Waals surface area contributed by atoms with Crippen molar-refractivity contribution < 1.29 is 4.79 Å². The van der Waals surface area contributed by atoms with Gasteiger partial charge in [-0.2, -0.15) is 0 Å². The first-order valence-corrected chi connectivity index (χ1v) is 6.59. The Morgan fingerprint density at radius 1 is 1.33 bits per heavy atom. The van der Waals surface area contributed by atoms with Gasteiger partial charge < -0.3 is 10.2 Å². The summed E-state index contributed by atoms with van der Waals surface area (Å²) in [5, 5.41) is 3.39. The van der Waals surface area contributed by atoms with E-state index in [0.717, 1.165) is 31.9 Å². The molecule has 3 rings (SSSR count). The van der Waals surface area contributed by atoms with E-state index >= 15 is 0 Å². The number of likely N-dealkylation sites (N-methyl/N-ethyl adjacent to an activating group) is 1. The Hall–Kier alpha value is -1.55. The first kappa shape index (κ1) is 11.5. The maximum Gasteiger partial charge on any atom is 0.324 e. The van der Waals surface area contributed by atoms with E-state index in [4.69, 9.17) is 0 Å². The highest BCUT2D eigenvalue weighted by molar-refractivity contribution is 5.94. The molecule has 0 radical (unpaired) electrons. The third-order valence-electron chi connectivity index (χ3n) is 3.93. The smallest absolute Gasteiger partial charge is 0.324 e. The molecule has 2 aliphatic rings. The third kappa shape index (κ3) is 1.97. The maximum absolute atomic E-state index is 12.0. The first-order valence-electron chi connectivity index (χ1n) is 6.59. The predicted octanol–water partition coefficient (Wildman–Crippen LogP) is 1.64. The summed E-state index contributed by atoms with van der Waals surface area (Å²) >= 11 is 0. The standard InChI is InChI=1S/C14H19N3O/c1-16-7-8-17(14(16)18)13-4-2-3-11(9-13)12-5-6-15-10-12/h2-4,9,12,15H,5-8,10H2,1H3. The van der Waals surface area contributed by atoms with Gasteiger partial charge in [0.2, 0.25) is 0 Å². The number of nitrogens with one attached hydrogen (secondary N) is 1. The molecule has 0 aliphatic carbocycles. The van der Waals surface area contributed by atoms with Gasteiger partial charge >= 0.3 is 6.03 Å². The van der Waals surface area contributed by atoms with Crippen molar-refractivity contribution >= 4 is 11.7 Å². The Kier molecular flexibility index (Phi) is 2.96. The van der Waals surface area contributed by atoms with Crippen molar-refractivity contribution in [3.8, 4) is 0 Å². The zero-order valence-corrected chi connectivity index (χ0v) is 10.7. The number of anilines is 1. The summed E-state index contributed by atoms with van der Waals surface area (Å²) in [6, 6.07) is 8.55. The minimum atomic E-state index is 0.108. The average Bonchev–Trinajstić information content (AvgIpc) is 3.02. The Morgan fingerprint density at radius 2 is 2.22 bits per heavy atom. The molecule has 2 saturated heterocycles. The summed E-state index contributed by atoms with van der Waals surface area (Å²) in [6.07, 6.45) is 1.19. The van der Waals surface area contributed by atoms with Crippen LogP contribution in [0.2, 0.25) is 0 Å². The molecular weight excluding hydrogens is 226 g/mol. The third-order valence-corrected chi connectivity index (χ3v) is 3.93. The molecule has 4 heteroatoms. The van der Waals surface area contributed by atoms with E-state index in [1.165, 1.54) is 12.0 Å². The van der Waals surface area contributed by atoms with Crippen molar-refractivity contribution in [3.05, 3.63) is 29.8 Å². The van der Waals surface area contributed by atoms with E-state index in [-0.39, 0.29) is 6.03 Å². The summed E-state index contributed by atoms with van der Waals surface area (Å²) in [5.41, 5.74) is 2.38. The van der Waals surface area contributed by atoms with E-state index in [1.54, 1.807) is 4.90 Å². The fourth-order valence-corrected chi connectivity index (χ4v) is 2.77. The zero-order valence-electron chi connectivity index (χ0n) is 10.7. The molecule has 2 amide bonds. The topological polar surface area (TPSA) is 35.6 Å². The van der Waals surface area contributed by atoms with Crippen molar-refractivity contribution in [2.24, 2.45) is 0 Å². The van der Waals surface area contributed by atoms with Crippen LogP contribution in [-0.4, -0.2) is 44.2 Å². The van der Waals surface area contributed by atoms with Crippen molar-refractivity contribution in [2.75, 3.05) is 38.1 Å². The van der Waals surface area contributed by atoms with E-state index in [1.807, 2.05) is 18.0 Å². The molecule has 1 N–H and O–H groups in total. The molecule has 2 fully saturated rings. The number of carbonyl (C=O) groups excluding carboxylic acids is 1. The zero-order chi connectivity index (χ0) is 12.5. The summed E-state index contributed by atoms with van der Waals surface area (Å²) in [4.78, 5) is 15.6. The summed E-state index contributed by atoms with van der Waals surface area (Å²) in [7, 11) is 1.85. The monoisotopic (exact) mass is 245 g/mol. The van der Waals surface area contributed by atoms with Gasteiger partial charge in [0.15, 0.2) is 0 Å². The lowest BCUT2D eigenvalue weighted by Gasteiger charge is -2.18. The fraction of sp³-hybridized carbons (Fsp3) is 0.500. The number of carbonyl (C=O) groups is 1. The molecule has 2 heterocycles. The van der Waals surface area contributed by atoms with Crippen LogP contribution < -0.4 is 10.2 Å². The average molecular weight is 245 g/mol. The van der Waals surface area contributed by atoms with Gasteiger partial charge in [-0.05, 0) is 36.6 Å². The van der Waals surface area contributed by atoms with Crippen molar-refractivity contribution in [1.82, 2.24) is 10.2 Å². The lowest BCUT2D eigenvalue weighted by Crippen LogP contribution is -2.29. The van der Waals surface area contributed by atoms with Crippen LogP contribution in [0.25, 0.3) is 0 Å². The molecular formula is C14H19N3O. The van der Waals surface area contributed by atoms with Crippen LogP contribution in [0, 0.1) is 0 Å². The molecule has 18 heavy (non-hydrogen) atoms. The SMILES string of the molecule is CN1CCN(c2cccc(C3CCNC3)c2)C1=O. The molecule has 1 unspecified atom stereocenters. The van der Waals surface area contributed by atoms with Crippen molar-refractivity contribution in [2.45, 2.75) is 12.3 Å². The lowest BCUT2D eigenvalue weighted by molar-refractivity contribution is 0.229. The number of hydrogen-bond donors (Lipinski definition) is 1. The van der Waals surface area contributed by atoms with Crippen LogP contribution in [0.3, 0.4) is 0 Å². The minimum Gasteiger partial charge on any atom is -0.326 e. The maximum atomic E-state index is 12.0. The van der Waals surface area contributed by atoms with Gasteiger partial charge in [-0.3, -0.25) is 4.90 Å². The largest absolute Gasteiger partial charge is 0.326 e. The first-order chi connectivity index (χ1) is 8.75. The molecule has 1 aromatic carbocycles. The number of hydrogen-bond acceptors (Lipinski definition) is 2. The second kappa shape index (κ2) is 4.61. The van der Waals surface area contributed by atoms with E-state index < -0.39 is 0 Å². The van der Waals surface area contributed by atoms with Gasteiger partial charge in [0.25, 0.3) is 0 Å². The molecule has 1 aromatic rings. The lowest BCUT2D eigenvalue weighted by atomic mass is 9.98. The number of amides is 2. The van der Waals surface area contributed by atoms with E-state index in [9.17, 15) is 4.79 Å². The molecule has 96 valence electrons. The van der Waals surface area contributed by atoms with Gasteiger partial charge in [-0.1, -0.05) is 12.1 Å². The van der Waals surface area contributed by atoms with Crippen LogP contribution in [0.15, 0.2) is 24.3 Å². The van der Waals surface area contributed by atoms with Crippen LogP contribution in [0.4, 0.5) is 10.5 Å². The fourth-order valence-electron chi connectivity index (χ4n) is 2.77. The Bertz CT molecular complexity index is 454. The van der Waals surface area contributed by atoms with Crippen LogP contribution in [-0.2, 0) is 0 Å². The van der Waals surface area contributed by atoms with Gasteiger partial charge in [-0.25, -0.2) is 4.79 Å². The quantitative estimate of drug-likeness (QED) is 0.859. The van der Waals surface area contributed by atoms with Gasteiger partial charge in [0.1, 0.15) is 0 Å². The summed E-state index contributed by atoms with van der Waals surface area (Å²) in [5.74, 6) is 0.598. The van der Waals surface area contributed by atoms with E-state index in [2.05, 4.69) is 23.5 Å². The van der Waals surface area contributed by atoms with Crippen molar-refractivity contribution in [3.63, 3.8) is 0 Å². The molecule has 1 atom stereocenters. The number of nitrogens with zero attached hydrogens (tertiary/aromatic N) is 2. The molecule has 0 aromatic heterocycles. The molecule has 0 saturated carbocycles. The van der Waals surface area contributed by atoms with Gasteiger partial charge in [0, 0.05) is 32.4 Å². The highest BCUT2D eigenvalue weighted by Gasteiger charge is 2.27. The number of urea groups is 1. The number of benzene rings is 1. The number of rotatable bonds is 2. The Labute approximate surface area is 108 Å². The summed E-state index contributed by atoms with van der Waals surface area (Å²) < 4.78 is 0. The molecule has 0 bridgehead atoms. The second-order valence-corrected chi connectivity index (χ2v) is 5.14. The van der Waals surface area contributed by atoms with Crippen LogP contribution >= 0.6 is 0 Å². The van der Waals surface area contributed by atoms with E-state index in [0.29, 0.717) is 5.92 Å². The second-order valence-electron chi connectivity index (χ2n) is 5.14. The normalized spacial score (nSPS) is 24.1.